The zero-order valence-electron chi connectivity index (χ0n) is 16.5. The van der Waals surface area contributed by atoms with Crippen LogP contribution in [0.5, 0.6) is 0 Å². The van der Waals surface area contributed by atoms with Crippen molar-refractivity contribution in [1.29, 1.82) is 0 Å². The maximum Gasteiger partial charge on any atom is 0.236 e. The van der Waals surface area contributed by atoms with Crippen molar-refractivity contribution >= 4 is 17.5 Å². The number of carbonyl (C=O) groups excluding carboxylic acids is 2. The average Bonchev–Trinajstić information content (AvgIpc) is 3.26. The number of piperazine rings is 1. The molecule has 6 nitrogen and oxygen atoms in total. The van der Waals surface area contributed by atoms with Crippen molar-refractivity contribution in [3.05, 3.63) is 42.5 Å². The van der Waals surface area contributed by atoms with Gasteiger partial charge in [0.05, 0.1) is 18.5 Å². The molecule has 2 amide bonds. The van der Waals surface area contributed by atoms with Crippen LogP contribution in [0.3, 0.4) is 0 Å². The molecule has 2 saturated heterocycles. The molecule has 2 atom stereocenters. The Labute approximate surface area is 167 Å². The van der Waals surface area contributed by atoms with E-state index in [0.29, 0.717) is 13.1 Å². The molecule has 2 fully saturated rings. The molecule has 1 aromatic rings. The van der Waals surface area contributed by atoms with E-state index >= 15 is 0 Å². The third kappa shape index (κ3) is 3.78. The first-order chi connectivity index (χ1) is 13.7. The highest BCUT2D eigenvalue weighted by Crippen LogP contribution is 2.35. The van der Waals surface area contributed by atoms with E-state index in [-0.39, 0.29) is 23.8 Å². The van der Waals surface area contributed by atoms with Crippen LogP contribution in [-0.4, -0.2) is 73.5 Å². The van der Waals surface area contributed by atoms with E-state index in [4.69, 9.17) is 0 Å². The molecule has 0 aliphatic carbocycles. The number of nitrogens with one attached hydrogen (secondary N) is 1. The summed E-state index contributed by atoms with van der Waals surface area (Å²) in [6.07, 6.45) is 4.69. The number of anilines is 1. The molecule has 3 aliphatic heterocycles. The summed E-state index contributed by atoms with van der Waals surface area (Å²) in [7, 11) is 0. The van der Waals surface area contributed by atoms with Gasteiger partial charge >= 0.3 is 0 Å². The quantitative estimate of drug-likeness (QED) is 0.780. The first kappa shape index (κ1) is 19.0. The van der Waals surface area contributed by atoms with Crippen molar-refractivity contribution in [3.63, 3.8) is 0 Å². The molecule has 3 aliphatic rings. The zero-order chi connectivity index (χ0) is 19.5. The van der Waals surface area contributed by atoms with Gasteiger partial charge in [0, 0.05) is 45.0 Å². The average molecular weight is 383 g/mol. The molecule has 0 aromatic heterocycles. The van der Waals surface area contributed by atoms with Crippen molar-refractivity contribution < 1.29 is 9.59 Å². The molecular weight excluding hydrogens is 352 g/mol. The van der Waals surface area contributed by atoms with Crippen molar-refractivity contribution in [2.45, 2.75) is 25.3 Å². The van der Waals surface area contributed by atoms with Crippen molar-refractivity contribution in [2.75, 3.05) is 50.7 Å². The second-order valence-corrected chi connectivity index (χ2v) is 8.06. The van der Waals surface area contributed by atoms with Gasteiger partial charge in [0.1, 0.15) is 0 Å². The number of benzene rings is 1. The lowest BCUT2D eigenvalue weighted by Gasteiger charge is -2.49. The highest BCUT2D eigenvalue weighted by atomic mass is 16.2. The van der Waals surface area contributed by atoms with Crippen LogP contribution < -0.4 is 10.2 Å². The maximum atomic E-state index is 12.9. The van der Waals surface area contributed by atoms with Gasteiger partial charge in [0.2, 0.25) is 11.8 Å². The van der Waals surface area contributed by atoms with Gasteiger partial charge in [-0.15, -0.1) is 6.58 Å². The Balaban J connectivity index is 1.51. The highest BCUT2D eigenvalue weighted by Gasteiger charge is 2.41. The standard InChI is InChI=1S/C22H30N4O2/c1-2-9-23-22(28)18-14-17-7-3-4-8-19(17)26-13-12-24(15-20(18)26)16-21(27)25-10-5-6-11-25/h2-4,7-8,18,20H,1,5-6,9-16H2,(H,23,28). The Morgan fingerprint density at radius 1 is 1.14 bits per heavy atom. The smallest absolute Gasteiger partial charge is 0.236 e. The third-order valence-electron chi connectivity index (χ3n) is 6.28. The molecule has 28 heavy (non-hydrogen) atoms. The van der Waals surface area contributed by atoms with Crippen LogP contribution in [0.25, 0.3) is 0 Å². The summed E-state index contributed by atoms with van der Waals surface area (Å²) in [5, 5.41) is 2.99. The van der Waals surface area contributed by atoms with Gasteiger partial charge in [-0.1, -0.05) is 24.3 Å². The van der Waals surface area contributed by atoms with Crippen molar-refractivity contribution in [3.8, 4) is 0 Å². The molecule has 1 N–H and O–H groups in total. The Kier molecular flexibility index (Phi) is 5.67. The van der Waals surface area contributed by atoms with E-state index in [1.54, 1.807) is 6.08 Å². The summed E-state index contributed by atoms with van der Waals surface area (Å²) in [4.78, 5) is 32.1. The Hall–Kier alpha value is -2.34. The van der Waals surface area contributed by atoms with Crippen molar-refractivity contribution in [1.82, 2.24) is 15.1 Å². The topological polar surface area (TPSA) is 55.9 Å². The predicted molar refractivity (Wildman–Crippen MR) is 110 cm³/mol. The van der Waals surface area contributed by atoms with Gasteiger partial charge in [0.25, 0.3) is 0 Å². The minimum Gasteiger partial charge on any atom is -0.365 e. The Bertz CT molecular complexity index is 744. The molecule has 3 heterocycles. The van der Waals surface area contributed by atoms with Gasteiger partial charge in [-0.3, -0.25) is 14.5 Å². The van der Waals surface area contributed by atoms with Gasteiger partial charge in [-0.05, 0) is 30.9 Å². The summed E-state index contributed by atoms with van der Waals surface area (Å²) < 4.78 is 0. The predicted octanol–water partition coefficient (Wildman–Crippen LogP) is 1.27. The van der Waals surface area contributed by atoms with Crippen LogP contribution in [0.15, 0.2) is 36.9 Å². The summed E-state index contributed by atoms with van der Waals surface area (Å²) >= 11 is 0. The monoisotopic (exact) mass is 382 g/mol. The van der Waals surface area contributed by atoms with Crippen LogP contribution >= 0.6 is 0 Å². The molecule has 0 spiro atoms. The third-order valence-corrected chi connectivity index (χ3v) is 6.28. The molecule has 4 rings (SSSR count). The summed E-state index contributed by atoms with van der Waals surface area (Å²) in [6, 6.07) is 8.49. The molecule has 0 bridgehead atoms. The normalized spacial score (nSPS) is 24.4. The molecule has 0 radical (unpaired) electrons. The SMILES string of the molecule is C=CCNC(=O)C1Cc2ccccc2N2CCN(CC(=O)N3CCCC3)CC12. The van der Waals surface area contributed by atoms with Gasteiger partial charge in [-0.2, -0.15) is 0 Å². The number of hydrogen-bond donors (Lipinski definition) is 1. The van der Waals surface area contributed by atoms with Crippen LogP contribution in [-0.2, 0) is 16.0 Å². The lowest BCUT2D eigenvalue weighted by atomic mass is 9.83. The summed E-state index contributed by atoms with van der Waals surface area (Å²) in [6.45, 7) is 8.89. The van der Waals surface area contributed by atoms with E-state index in [1.165, 1.54) is 11.3 Å². The summed E-state index contributed by atoms with van der Waals surface area (Å²) in [5.74, 6) is 0.200. The lowest BCUT2D eigenvalue weighted by Crippen LogP contribution is -2.62. The second-order valence-electron chi connectivity index (χ2n) is 8.06. The summed E-state index contributed by atoms with van der Waals surface area (Å²) in [5.41, 5.74) is 2.48. The number of carbonyl (C=O) groups is 2. The van der Waals surface area contributed by atoms with E-state index in [0.717, 1.165) is 52.0 Å². The van der Waals surface area contributed by atoms with Crippen LogP contribution in [0, 0.1) is 5.92 Å². The van der Waals surface area contributed by atoms with Crippen molar-refractivity contribution in [2.24, 2.45) is 5.92 Å². The number of rotatable bonds is 5. The van der Waals surface area contributed by atoms with E-state index in [1.807, 2.05) is 11.0 Å². The Morgan fingerprint density at radius 3 is 2.71 bits per heavy atom. The first-order valence-electron chi connectivity index (χ1n) is 10.4. The number of fused-ring (bicyclic) bond motifs is 3. The number of hydrogen-bond acceptors (Lipinski definition) is 4. The van der Waals surface area contributed by atoms with Gasteiger partial charge in [0.15, 0.2) is 0 Å². The minimum absolute atomic E-state index is 0.0807. The fourth-order valence-electron chi connectivity index (χ4n) is 4.82. The first-order valence-corrected chi connectivity index (χ1v) is 10.4. The fraction of sp³-hybridized carbons (Fsp3) is 0.545. The largest absolute Gasteiger partial charge is 0.365 e. The Morgan fingerprint density at radius 2 is 1.93 bits per heavy atom. The molecule has 1 aromatic carbocycles. The van der Waals surface area contributed by atoms with E-state index in [2.05, 4.69) is 39.9 Å². The van der Waals surface area contributed by atoms with Crippen LogP contribution in [0.1, 0.15) is 18.4 Å². The lowest BCUT2D eigenvalue weighted by molar-refractivity contribution is -0.131. The maximum absolute atomic E-state index is 12.9. The number of para-hydroxylation sites is 1. The molecule has 0 saturated carbocycles. The minimum atomic E-state index is -0.112. The fourth-order valence-corrected chi connectivity index (χ4v) is 4.82. The van der Waals surface area contributed by atoms with Gasteiger partial charge in [-0.25, -0.2) is 0 Å². The molecule has 2 unspecified atom stereocenters. The van der Waals surface area contributed by atoms with E-state index < -0.39 is 0 Å². The molecule has 6 heteroatoms. The highest BCUT2D eigenvalue weighted by molar-refractivity contribution is 5.82. The van der Waals surface area contributed by atoms with Gasteiger partial charge < -0.3 is 15.1 Å². The van der Waals surface area contributed by atoms with Crippen LogP contribution in [0.2, 0.25) is 0 Å². The zero-order valence-corrected chi connectivity index (χ0v) is 16.5. The number of likely N-dealkylation sites (tertiary alicyclic amines) is 1. The number of amides is 2. The van der Waals surface area contributed by atoms with Crippen LogP contribution in [0.4, 0.5) is 5.69 Å². The number of nitrogens with zero attached hydrogens (tertiary/aromatic N) is 3. The molecule has 150 valence electrons. The van der Waals surface area contributed by atoms with E-state index in [9.17, 15) is 9.59 Å². The molecular formula is C22H30N4O2. The second kappa shape index (κ2) is 8.35.